The van der Waals surface area contributed by atoms with E-state index >= 15 is 0 Å². The van der Waals surface area contributed by atoms with Crippen LogP contribution in [0.25, 0.3) is 0 Å². The molecule has 3 aromatic rings. The summed E-state index contributed by atoms with van der Waals surface area (Å²) in [4.78, 5) is 24.4. The van der Waals surface area contributed by atoms with Crippen molar-refractivity contribution in [1.29, 1.82) is 0 Å². The molecule has 160 valence electrons. The third-order valence-corrected chi connectivity index (χ3v) is 5.18. The molecule has 3 aromatic carbocycles. The van der Waals surface area contributed by atoms with Gasteiger partial charge in [0.15, 0.2) is 6.61 Å². The Hall–Kier alpha value is -3.31. The normalized spacial score (nSPS) is 11.5. The Morgan fingerprint density at radius 3 is 2.19 bits per heavy atom. The second-order valence-electron chi connectivity index (χ2n) is 7.26. The van der Waals surface area contributed by atoms with Crippen molar-refractivity contribution < 1.29 is 14.3 Å². The number of carbonyl (C=O) groups excluding carboxylic acids is 2. The van der Waals surface area contributed by atoms with E-state index in [0.717, 1.165) is 6.42 Å². The van der Waals surface area contributed by atoms with Crippen LogP contribution in [0.15, 0.2) is 72.8 Å². The van der Waals surface area contributed by atoms with E-state index in [2.05, 4.69) is 24.5 Å². The lowest BCUT2D eigenvalue weighted by atomic mass is 9.99. The summed E-state index contributed by atoms with van der Waals surface area (Å²) in [7, 11) is 0. The minimum absolute atomic E-state index is 0.0874. The molecule has 2 amide bonds. The number of carbonyl (C=O) groups is 2. The summed E-state index contributed by atoms with van der Waals surface area (Å²) in [6, 6.07) is 21.4. The number of amides is 2. The van der Waals surface area contributed by atoms with Gasteiger partial charge in [0.25, 0.3) is 11.8 Å². The van der Waals surface area contributed by atoms with Crippen molar-refractivity contribution >= 4 is 34.8 Å². The number of anilines is 2. The molecule has 0 aromatic heterocycles. The van der Waals surface area contributed by atoms with E-state index in [1.807, 2.05) is 24.3 Å². The molecule has 2 N–H and O–H groups in total. The van der Waals surface area contributed by atoms with Gasteiger partial charge in [0.2, 0.25) is 0 Å². The predicted octanol–water partition coefficient (Wildman–Crippen LogP) is 6.12. The Morgan fingerprint density at radius 2 is 1.58 bits per heavy atom. The second kappa shape index (κ2) is 10.6. The number of ether oxygens (including phenoxy) is 1. The summed E-state index contributed by atoms with van der Waals surface area (Å²) >= 11 is 5.92. The number of hydrogen-bond acceptors (Lipinski definition) is 3. The van der Waals surface area contributed by atoms with Gasteiger partial charge in [-0.2, -0.15) is 0 Å². The molecule has 0 aliphatic carbocycles. The highest BCUT2D eigenvalue weighted by Crippen LogP contribution is 2.21. The summed E-state index contributed by atoms with van der Waals surface area (Å²) in [5, 5.41) is 6.07. The van der Waals surface area contributed by atoms with Gasteiger partial charge in [-0.3, -0.25) is 9.59 Å². The van der Waals surface area contributed by atoms with E-state index in [1.165, 1.54) is 5.56 Å². The van der Waals surface area contributed by atoms with Gasteiger partial charge in [0.05, 0.1) is 0 Å². The molecule has 0 radical (unpaired) electrons. The van der Waals surface area contributed by atoms with Crippen LogP contribution in [-0.2, 0) is 4.79 Å². The predicted molar refractivity (Wildman–Crippen MR) is 125 cm³/mol. The Kier molecular flexibility index (Phi) is 7.68. The van der Waals surface area contributed by atoms with E-state index < -0.39 is 0 Å². The lowest BCUT2D eigenvalue weighted by Crippen LogP contribution is -2.20. The number of nitrogens with one attached hydrogen (secondary N) is 2. The highest BCUT2D eigenvalue weighted by Gasteiger charge is 2.08. The zero-order valence-electron chi connectivity index (χ0n) is 17.5. The topological polar surface area (TPSA) is 67.4 Å². The van der Waals surface area contributed by atoms with Gasteiger partial charge in [-0.05, 0) is 72.5 Å². The molecule has 0 bridgehead atoms. The lowest BCUT2D eigenvalue weighted by Gasteiger charge is -2.11. The van der Waals surface area contributed by atoms with Crippen molar-refractivity contribution in [3.05, 3.63) is 88.9 Å². The summed E-state index contributed by atoms with van der Waals surface area (Å²) in [6.45, 7) is 4.24. The van der Waals surface area contributed by atoms with Crippen LogP contribution in [-0.4, -0.2) is 18.4 Å². The minimum atomic E-state index is -0.262. The minimum Gasteiger partial charge on any atom is -0.484 e. The monoisotopic (exact) mass is 436 g/mol. The molecule has 0 aliphatic heterocycles. The first-order chi connectivity index (χ1) is 14.9. The summed E-state index contributed by atoms with van der Waals surface area (Å²) in [5.41, 5.74) is 2.95. The maximum atomic E-state index is 12.3. The molecule has 1 atom stereocenters. The maximum absolute atomic E-state index is 12.3. The standard InChI is InChI=1S/C25H25ClN2O3/c1-3-17(2)18-7-13-23(14-8-18)31-16-24(29)27-21-9-11-22(12-10-21)28-25(30)19-5-4-6-20(26)15-19/h4-15,17H,3,16H2,1-2H3,(H,27,29)(H,28,30). The van der Waals surface area contributed by atoms with E-state index in [-0.39, 0.29) is 18.4 Å². The molecule has 0 aliphatic rings. The molecule has 5 nitrogen and oxygen atoms in total. The lowest BCUT2D eigenvalue weighted by molar-refractivity contribution is -0.118. The first kappa shape index (κ1) is 22.4. The average molecular weight is 437 g/mol. The van der Waals surface area contributed by atoms with Crippen LogP contribution in [0, 0.1) is 0 Å². The van der Waals surface area contributed by atoms with Crippen LogP contribution in [0.2, 0.25) is 5.02 Å². The number of benzene rings is 3. The van der Waals surface area contributed by atoms with Crippen LogP contribution < -0.4 is 15.4 Å². The Balaban J connectivity index is 1.49. The molecule has 1 unspecified atom stereocenters. The molecular formula is C25H25ClN2O3. The van der Waals surface area contributed by atoms with Crippen molar-refractivity contribution in [2.45, 2.75) is 26.2 Å². The number of halogens is 1. The van der Waals surface area contributed by atoms with Gasteiger partial charge in [0, 0.05) is 22.0 Å². The van der Waals surface area contributed by atoms with Gasteiger partial charge < -0.3 is 15.4 Å². The third kappa shape index (κ3) is 6.59. The quantitative estimate of drug-likeness (QED) is 0.446. The fraction of sp³-hybridized carbons (Fsp3) is 0.200. The van der Waals surface area contributed by atoms with E-state index in [1.54, 1.807) is 48.5 Å². The van der Waals surface area contributed by atoms with Gasteiger partial charge in [-0.1, -0.05) is 43.6 Å². The molecule has 0 spiro atoms. The molecule has 0 saturated heterocycles. The Bertz CT molecular complexity index is 1030. The maximum Gasteiger partial charge on any atom is 0.262 e. The SMILES string of the molecule is CCC(C)c1ccc(OCC(=O)Nc2ccc(NC(=O)c3cccc(Cl)c3)cc2)cc1. The number of rotatable bonds is 8. The fourth-order valence-electron chi connectivity index (χ4n) is 2.94. The van der Waals surface area contributed by atoms with E-state index in [9.17, 15) is 9.59 Å². The summed E-state index contributed by atoms with van der Waals surface area (Å²) in [5.74, 6) is 0.630. The van der Waals surface area contributed by atoms with Gasteiger partial charge in [-0.25, -0.2) is 0 Å². The average Bonchev–Trinajstić information content (AvgIpc) is 2.79. The molecule has 6 heteroatoms. The first-order valence-corrected chi connectivity index (χ1v) is 10.5. The van der Waals surface area contributed by atoms with Gasteiger partial charge >= 0.3 is 0 Å². The zero-order valence-corrected chi connectivity index (χ0v) is 18.3. The fourth-order valence-corrected chi connectivity index (χ4v) is 3.13. The Morgan fingerprint density at radius 1 is 0.935 bits per heavy atom. The van der Waals surface area contributed by atoms with Crippen molar-refractivity contribution in [2.75, 3.05) is 17.2 Å². The molecule has 3 rings (SSSR count). The second-order valence-corrected chi connectivity index (χ2v) is 7.69. The van der Waals surface area contributed by atoms with Crippen molar-refractivity contribution in [1.82, 2.24) is 0 Å². The smallest absolute Gasteiger partial charge is 0.262 e. The van der Waals surface area contributed by atoms with Crippen molar-refractivity contribution in [2.24, 2.45) is 0 Å². The Labute approximate surface area is 187 Å². The van der Waals surface area contributed by atoms with E-state index in [4.69, 9.17) is 16.3 Å². The van der Waals surface area contributed by atoms with Crippen LogP contribution in [0.4, 0.5) is 11.4 Å². The summed E-state index contributed by atoms with van der Waals surface area (Å²) in [6.07, 6.45) is 1.08. The largest absolute Gasteiger partial charge is 0.484 e. The summed E-state index contributed by atoms with van der Waals surface area (Å²) < 4.78 is 5.56. The molecule has 0 fully saturated rings. The molecule has 0 saturated carbocycles. The van der Waals surface area contributed by atoms with Gasteiger partial charge in [-0.15, -0.1) is 0 Å². The van der Waals surface area contributed by atoms with Crippen LogP contribution in [0.5, 0.6) is 5.75 Å². The third-order valence-electron chi connectivity index (χ3n) is 4.94. The van der Waals surface area contributed by atoms with Crippen LogP contribution in [0.1, 0.15) is 42.1 Å². The molecule has 0 heterocycles. The zero-order chi connectivity index (χ0) is 22.2. The van der Waals surface area contributed by atoms with Crippen molar-refractivity contribution in [3.63, 3.8) is 0 Å². The molecule has 31 heavy (non-hydrogen) atoms. The molecular weight excluding hydrogens is 412 g/mol. The van der Waals surface area contributed by atoms with Crippen LogP contribution in [0.3, 0.4) is 0 Å². The van der Waals surface area contributed by atoms with Gasteiger partial charge in [0.1, 0.15) is 5.75 Å². The highest BCUT2D eigenvalue weighted by molar-refractivity contribution is 6.31. The van der Waals surface area contributed by atoms with Crippen LogP contribution >= 0.6 is 11.6 Å². The van der Waals surface area contributed by atoms with E-state index in [0.29, 0.717) is 33.6 Å². The highest BCUT2D eigenvalue weighted by atomic mass is 35.5. The number of hydrogen-bond donors (Lipinski definition) is 2. The first-order valence-electron chi connectivity index (χ1n) is 10.1. The van der Waals surface area contributed by atoms with Crippen molar-refractivity contribution in [3.8, 4) is 5.75 Å².